The van der Waals surface area contributed by atoms with E-state index in [-0.39, 0.29) is 17.4 Å². The molecule has 0 radical (unpaired) electrons. The van der Waals surface area contributed by atoms with Crippen LogP contribution in [0.25, 0.3) is 0 Å². The Labute approximate surface area is 162 Å². The lowest BCUT2D eigenvalue weighted by Crippen LogP contribution is -2.47. The molecule has 1 aromatic heterocycles. The quantitative estimate of drug-likeness (QED) is 0.669. The van der Waals surface area contributed by atoms with Gasteiger partial charge in [-0.15, -0.1) is 0 Å². The maximum absolute atomic E-state index is 11.8. The molecule has 27 heavy (non-hydrogen) atoms. The zero-order chi connectivity index (χ0) is 20.2. The molecule has 1 saturated carbocycles. The average Bonchev–Trinajstić information content (AvgIpc) is 2.60. The number of hydrogen-bond donors (Lipinski definition) is 3. The van der Waals surface area contributed by atoms with Crippen LogP contribution >= 0.6 is 0 Å². The smallest absolute Gasteiger partial charge is 0.413 e. The van der Waals surface area contributed by atoms with Crippen LogP contribution in [0.1, 0.15) is 71.9 Å². The molecule has 0 aliphatic heterocycles. The molecule has 1 heterocycles. The van der Waals surface area contributed by atoms with Crippen molar-refractivity contribution < 1.29 is 15.0 Å². The molecule has 1 aromatic rings. The summed E-state index contributed by atoms with van der Waals surface area (Å²) in [5.74, 6) is 0.541. The van der Waals surface area contributed by atoms with Gasteiger partial charge in [-0.3, -0.25) is 9.88 Å². The lowest BCUT2D eigenvalue weighted by atomic mass is 9.65. The first kappa shape index (κ1) is 21.6. The van der Waals surface area contributed by atoms with E-state index in [1.807, 2.05) is 0 Å². The molecular formula is C20H34N4O3. The van der Waals surface area contributed by atoms with Crippen molar-refractivity contribution in [2.24, 2.45) is 17.1 Å². The lowest BCUT2D eigenvalue weighted by Gasteiger charge is -2.44. The maximum Gasteiger partial charge on any atom is 0.413 e. The van der Waals surface area contributed by atoms with Crippen molar-refractivity contribution in [2.75, 3.05) is 11.4 Å². The highest BCUT2D eigenvalue weighted by Gasteiger charge is 2.39. The van der Waals surface area contributed by atoms with E-state index in [0.29, 0.717) is 18.1 Å². The summed E-state index contributed by atoms with van der Waals surface area (Å²) < 4.78 is 0. The Kier molecular flexibility index (Phi) is 6.81. The Morgan fingerprint density at radius 2 is 2.07 bits per heavy atom. The number of nitrogens with two attached hydrogens (primary N) is 1. The van der Waals surface area contributed by atoms with E-state index in [1.165, 1.54) is 17.3 Å². The van der Waals surface area contributed by atoms with Crippen LogP contribution in [-0.4, -0.2) is 38.9 Å². The van der Waals surface area contributed by atoms with Crippen molar-refractivity contribution in [2.45, 2.75) is 77.9 Å². The Balaban J connectivity index is 2.13. The van der Waals surface area contributed by atoms with Crippen molar-refractivity contribution in [1.29, 1.82) is 0 Å². The molecule has 2 unspecified atom stereocenters. The molecule has 2 rings (SSSR count). The van der Waals surface area contributed by atoms with Crippen molar-refractivity contribution in [1.82, 2.24) is 9.97 Å². The fourth-order valence-electron chi connectivity index (χ4n) is 4.00. The number of aliphatic hydroxyl groups is 1. The maximum atomic E-state index is 11.8. The highest BCUT2D eigenvalue weighted by molar-refractivity contribution is 5.84. The second-order valence-electron chi connectivity index (χ2n) is 8.72. The highest BCUT2D eigenvalue weighted by Crippen LogP contribution is 2.42. The third-order valence-electron chi connectivity index (χ3n) is 5.85. The summed E-state index contributed by atoms with van der Waals surface area (Å²) >= 11 is 0. The Bertz CT molecular complexity index is 629. The van der Waals surface area contributed by atoms with Gasteiger partial charge in [0.05, 0.1) is 18.1 Å². The van der Waals surface area contributed by atoms with Crippen LogP contribution in [-0.2, 0) is 5.60 Å². The molecule has 0 aromatic carbocycles. The molecule has 4 N–H and O–H groups in total. The number of amides is 1. The van der Waals surface area contributed by atoms with Crippen LogP contribution in [0.15, 0.2) is 12.4 Å². The number of nitrogens with zero attached hydrogens (tertiary/aromatic N) is 3. The van der Waals surface area contributed by atoms with E-state index in [9.17, 15) is 15.0 Å². The third-order valence-corrected chi connectivity index (χ3v) is 5.85. The Morgan fingerprint density at radius 1 is 1.37 bits per heavy atom. The van der Waals surface area contributed by atoms with E-state index in [4.69, 9.17) is 5.73 Å². The van der Waals surface area contributed by atoms with E-state index in [0.717, 1.165) is 38.5 Å². The fourth-order valence-corrected chi connectivity index (χ4v) is 4.00. The van der Waals surface area contributed by atoms with Crippen molar-refractivity contribution in [3.8, 4) is 0 Å². The minimum atomic E-state index is -1.11. The van der Waals surface area contributed by atoms with Crippen LogP contribution in [0, 0.1) is 11.3 Å². The summed E-state index contributed by atoms with van der Waals surface area (Å²) in [7, 11) is 0. The van der Waals surface area contributed by atoms with Gasteiger partial charge in [-0.25, -0.2) is 9.78 Å². The second-order valence-corrected chi connectivity index (χ2v) is 8.72. The molecule has 7 nitrogen and oxygen atoms in total. The summed E-state index contributed by atoms with van der Waals surface area (Å²) in [6.45, 7) is 8.04. The summed E-state index contributed by atoms with van der Waals surface area (Å²) in [6, 6.07) is 0.171. The predicted molar refractivity (Wildman–Crippen MR) is 106 cm³/mol. The average molecular weight is 379 g/mol. The second kappa shape index (κ2) is 8.52. The largest absolute Gasteiger partial charge is 0.465 e. The van der Waals surface area contributed by atoms with Gasteiger partial charge >= 0.3 is 6.09 Å². The first-order chi connectivity index (χ1) is 12.6. The Morgan fingerprint density at radius 3 is 2.59 bits per heavy atom. The van der Waals surface area contributed by atoms with Gasteiger partial charge in [0.15, 0.2) is 5.82 Å². The first-order valence-electron chi connectivity index (χ1n) is 9.87. The van der Waals surface area contributed by atoms with Gasteiger partial charge in [0.25, 0.3) is 0 Å². The highest BCUT2D eigenvalue weighted by atomic mass is 16.4. The number of carboxylic acid groups (broad SMARTS) is 1. The van der Waals surface area contributed by atoms with Crippen LogP contribution in [0.3, 0.4) is 0 Å². The minimum absolute atomic E-state index is 0.0551. The van der Waals surface area contributed by atoms with E-state index in [2.05, 4.69) is 23.8 Å². The van der Waals surface area contributed by atoms with Gasteiger partial charge in [-0.05, 0) is 50.9 Å². The molecule has 0 bridgehead atoms. The van der Waals surface area contributed by atoms with E-state index in [1.54, 1.807) is 13.8 Å². The van der Waals surface area contributed by atoms with Crippen LogP contribution in [0.4, 0.5) is 10.6 Å². The minimum Gasteiger partial charge on any atom is -0.465 e. The standard InChI is InChI=1S/C20H34N4O3/c1-5-6-9-20(4)10-14(7-8-15(20)21)13-24(18(25)26)17-12-22-16(11-23-17)19(2,3)27/h11-12,14-15,27H,5-10,13,21H2,1-4H3,(H,25,26)/t14?,15?,20-/m1/s1. The molecule has 7 heteroatoms. The summed E-state index contributed by atoms with van der Waals surface area (Å²) in [5, 5.41) is 19.7. The number of aromatic nitrogens is 2. The molecule has 1 aliphatic rings. The van der Waals surface area contributed by atoms with Crippen LogP contribution in [0.5, 0.6) is 0 Å². The summed E-state index contributed by atoms with van der Waals surface area (Å²) in [5.41, 5.74) is 5.75. The molecule has 0 saturated heterocycles. The lowest BCUT2D eigenvalue weighted by molar-refractivity contribution is 0.0734. The SMILES string of the molecule is CCCC[C@]1(C)CC(CN(C(=O)O)c2cnc(C(C)(C)O)cn2)CCC1N. The predicted octanol–water partition coefficient (Wildman–Crippen LogP) is 3.51. The molecule has 3 atom stereocenters. The molecule has 1 aliphatic carbocycles. The van der Waals surface area contributed by atoms with Crippen molar-refractivity contribution >= 4 is 11.9 Å². The van der Waals surface area contributed by atoms with Gasteiger partial charge in [0.1, 0.15) is 5.60 Å². The molecule has 1 amide bonds. The van der Waals surface area contributed by atoms with Gasteiger partial charge in [-0.1, -0.05) is 26.7 Å². The van der Waals surface area contributed by atoms with Crippen LogP contribution < -0.4 is 10.6 Å². The van der Waals surface area contributed by atoms with Gasteiger partial charge in [-0.2, -0.15) is 0 Å². The topological polar surface area (TPSA) is 113 Å². The Hall–Kier alpha value is -1.73. The number of anilines is 1. The van der Waals surface area contributed by atoms with Crippen molar-refractivity contribution in [3.05, 3.63) is 18.1 Å². The van der Waals surface area contributed by atoms with E-state index >= 15 is 0 Å². The van der Waals surface area contributed by atoms with Crippen LogP contribution in [0.2, 0.25) is 0 Å². The normalized spacial score (nSPS) is 26.0. The molecule has 0 spiro atoms. The van der Waals surface area contributed by atoms with Crippen molar-refractivity contribution in [3.63, 3.8) is 0 Å². The number of hydrogen-bond acceptors (Lipinski definition) is 5. The zero-order valence-electron chi connectivity index (χ0n) is 17.0. The number of carbonyl (C=O) groups is 1. The third kappa shape index (κ3) is 5.39. The van der Waals surface area contributed by atoms with E-state index < -0.39 is 11.7 Å². The summed E-state index contributed by atoms with van der Waals surface area (Å²) in [4.78, 5) is 21.5. The molecule has 152 valence electrons. The zero-order valence-corrected chi connectivity index (χ0v) is 17.0. The summed E-state index contributed by atoms with van der Waals surface area (Å²) in [6.07, 6.45) is 7.94. The van der Waals surface area contributed by atoms with Gasteiger partial charge in [0, 0.05) is 12.6 Å². The molecule has 1 fully saturated rings. The molecular weight excluding hydrogens is 344 g/mol. The fraction of sp³-hybridized carbons (Fsp3) is 0.750. The van der Waals surface area contributed by atoms with Gasteiger partial charge < -0.3 is 15.9 Å². The monoisotopic (exact) mass is 378 g/mol. The number of rotatable bonds is 7. The number of unbranched alkanes of at least 4 members (excludes halogenated alkanes) is 1. The first-order valence-corrected chi connectivity index (χ1v) is 9.87. The van der Waals surface area contributed by atoms with Gasteiger partial charge in [0.2, 0.25) is 0 Å².